The molecule has 0 amide bonds. The molecule has 0 aromatic carbocycles. The molecule has 0 aliphatic carbocycles. The van der Waals surface area contributed by atoms with Crippen LogP contribution in [0.3, 0.4) is 0 Å². The minimum atomic E-state index is -0.809. The van der Waals surface area contributed by atoms with Crippen molar-refractivity contribution >= 4 is 6.29 Å². The van der Waals surface area contributed by atoms with Gasteiger partial charge < -0.3 is 9.90 Å². The van der Waals surface area contributed by atoms with Crippen LogP contribution in [-0.4, -0.2) is 17.0 Å². The Bertz CT molecular complexity index is 108. The van der Waals surface area contributed by atoms with Crippen LogP contribution in [0.2, 0.25) is 0 Å². The first-order valence-corrected chi connectivity index (χ1v) is 3.72. The topological polar surface area (TPSA) is 37.3 Å². The Morgan fingerprint density at radius 2 is 2.20 bits per heavy atom. The number of carbonyl (C=O) groups excluding carboxylic acids is 1. The van der Waals surface area contributed by atoms with Crippen molar-refractivity contribution in [2.75, 3.05) is 0 Å². The Hall–Kier alpha value is -0.370. The summed E-state index contributed by atoms with van der Waals surface area (Å²) in [6.07, 6.45) is 2.40. The normalized spacial score (nSPS) is 19.6. The average Bonchev–Trinajstić information content (AvgIpc) is 1.86. The van der Waals surface area contributed by atoms with Crippen LogP contribution in [0.1, 0.15) is 33.6 Å². The van der Waals surface area contributed by atoms with Crippen molar-refractivity contribution in [3.05, 3.63) is 0 Å². The molecule has 2 atom stereocenters. The van der Waals surface area contributed by atoms with Gasteiger partial charge in [0.1, 0.15) is 6.29 Å². The summed E-state index contributed by atoms with van der Waals surface area (Å²) in [5.41, 5.74) is -0.809. The molecule has 0 saturated heterocycles. The van der Waals surface area contributed by atoms with Gasteiger partial charge in [0.2, 0.25) is 0 Å². The standard InChI is InChI=1S/C8H16O2/c1-4-5-8(3,10)7(2)6-9/h6-7,10H,4-5H2,1-3H3. The third kappa shape index (κ3) is 2.48. The van der Waals surface area contributed by atoms with Gasteiger partial charge in [-0.05, 0) is 13.3 Å². The van der Waals surface area contributed by atoms with Gasteiger partial charge in [0.05, 0.1) is 5.60 Å². The van der Waals surface area contributed by atoms with Gasteiger partial charge >= 0.3 is 0 Å². The van der Waals surface area contributed by atoms with E-state index in [1.165, 1.54) is 0 Å². The molecule has 0 saturated carbocycles. The second-order valence-corrected chi connectivity index (χ2v) is 3.03. The van der Waals surface area contributed by atoms with Crippen molar-refractivity contribution in [2.45, 2.75) is 39.2 Å². The summed E-state index contributed by atoms with van der Waals surface area (Å²) in [5, 5.41) is 9.55. The molecule has 2 nitrogen and oxygen atoms in total. The number of carbonyl (C=O) groups is 1. The summed E-state index contributed by atoms with van der Waals surface area (Å²) in [6, 6.07) is 0. The van der Waals surface area contributed by atoms with Gasteiger partial charge in [-0.2, -0.15) is 0 Å². The zero-order valence-corrected chi connectivity index (χ0v) is 6.92. The van der Waals surface area contributed by atoms with Crippen LogP contribution in [0, 0.1) is 5.92 Å². The molecule has 1 N–H and O–H groups in total. The van der Waals surface area contributed by atoms with Gasteiger partial charge in [-0.25, -0.2) is 0 Å². The molecule has 0 bridgehead atoms. The van der Waals surface area contributed by atoms with E-state index in [2.05, 4.69) is 0 Å². The molecular weight excluding hydrogens is 128 g/mol. The van der Waals surface area contributed by atoms with Gasteiger partial charge in [-0.15, -0.1) is 0 Å². The van der Waals surface area contributed by atoms with Crippen LogP contribution in [0.5, 0.6) is 0 Å². The molecule has 0 aliphatic heterocycles. The van der Waals surface area contributed by atoms with Crippen molar-refractivity contribution < 1.29 is 9.90 Å². The highest BCUT2D eigenvalue weighted by Crippen LogP contribution is 2.20. The van der Waals surface area contributed by atoms with E-state index in [1.807, 2.05) is 6.92 Å². The van der Waals surface area contributed by atoms with E-state index in [9.17, 15) is 9.90 Å². The van der Waals surface area contributed by atoms with Crippen LogP contribution < -0.4 is 0 Å². The lowest BCUT2D eigenvalue weighted by molar-refractivity contribution is -0.118. The SMILES string of the molecule is CCCC(C)(O)C(C)C=O. The highest BCUT2D eigenvalue weighted by atomic mass is 16.3. The van der Waals surface area contributed by atoms with Crippen LogP contribution in [-0.2, 0) is 4.79 Å². The maximum absolute atomic E-state index is 10.3. The molecular formula is C8H16O2. The summed E-state index contributed by atoms with van der Waals surface area (Å²) >= 11 is 0. The molecule has 0 spiro atoms. The molecule has 0 aromatic rings. The Morgan fingerprint density at radius 3 is 2.50 bits per heavy atom. The highest BCUT2D eigenvalue weighted by molar-refractivity contribution is 5.54. The smallest absolute Gasteiger partial charge is 0.125 e. The zero-order valence-electron chi connectivity index (χ0n) is 6.92. The van der Waals surface area contributed by atoms with Crippen LogP contribution >= 0.6 is 0 Å². The minimum Gasteiger partial charge on any atom is -0.389 e. The van der Waals surface area contributed by atoms with E-state index in [4.69, 9.17) is 0 Å². The number of aliphatic hydroxyl groups is 1. The maximum Gasteiger partial charge on any atom is 0.125 e. The summed E-state index contributed by atoms with van der Waals surface area (Å²) in [4.78, 5) is 10.3. The Balaban J connectivity index is 3.94. The van der Waals surface area contributed by atoms with Gasteiger partial charge in [-0.3, -0.25) is 0 Å². The number of rotatable bonds is 4. The van der Waals surface area contributed by atoms with Crippen LogP contribution in [0.4, 0.5) is 0 Å². The number of hydrogen-bond acceptors (Lipinski definition) is 2. The first kappa shape index (κ1) is 9.63. The second-order valence-electron chi connectivity index (χ2n) is 3.03. The summed E-state index contributed by atoms with van der Waals surface area (Å²) in [7, 11) is 0. The third-order valence-electron chi connectivity index (χ3n) is 1.94. The average molecular weight is 144 g/mol. The molecule has 10 heavy (non-hydrogen) atoms. The van der Waals surface area contributed by atoms with Gasteiger partial charge in [0.15, 0.2) is 0 Å². The third-order valence-corrected chi connectivity index (χ3v) is 1.94. The molecule has 0 heterocycles. The van der Waals surface area contributed by atoms with Crippen molar-refractivity contribution in [3.8, 4) is 0 Å². The predicted octanol–water partition coefficient (Wildman–Crippen LogP) is 1.37. The van der Waals surface area contributed by atoms with E-state index in [-0.39, 0.29) is 5.92 Å². The van der Waals surface area contributed by atoms with Gasteiger partial charge in [-0.1, -0.05) is 20.3 Å². The monoisotopic (exact) mass is 144 g/mol. The summed E-state index contributed by atoms with van der Waals surface area (Å²) < 4.78 is 0. The second kappa shape index (κ2) is 3.71. The van der Waals surface area contributed by atoms with Crippen LogP contribution in [0.25, 0.3) is 0 Å². The molecule has 0 radical (unpaired) electrons. The predicted molar refractivity (Wildman–Crippen MR) is 40.8 cm³/mol. The Morgan fingerprint density at radius 1 is 1.70 bits per heavy atom. The molecule has 0 fully saturated rings. The lowest BCUT2D eigenvalue weighted by Gasteiger charge is -2.25. The largest absolute Gasteiger partial charge is 0.389 e. The van der Waals surface area contributed by atoms with E-state index in [0.717, 1.165) is 12.7 Å². The first-order valence-electron chi connectivity index (χ1n) is 3.72. The molecule has 0 aliphatic rings. The fourth-order valence-corrected chi connectivity index (χ4v) is 0.880. The fraction of sp³-hybridized carbons (Fsp3) is 0.875. The molecule has 60 valence electrons. The summed E-state index contributed by atoms with van der Waals surface area (Å²) in [5.74, 6) is -0.257. The minimum absolute atomic E-state index is 0.257. The summed E-state index contributed by atoms with van der Waals surface area (Å²) in [6.45, 7) is 5.43. The lowest BCUT2D eigenvalue weighted by Crippen LogP contribution is -2.33. The zero-order chi connectivity index (χ0) is 8.20. The maximum atomic E-state index is 10.3. The highest BCUT2D eigenvalue weighted by Gasteiger charge is 2.26. The first-order chi connectivity index (χ1) is 4.54. The van der Waals surface area contributed by atoms with E-state index in [0.29, 0.717) is 6.42 Å². The van der Waals surface area contributed by atoms with Crippen molar-refractivity contribution in [1.82, 2.24) is 0 Å². The van der Waals surface area contributed by atoms with E-state index >= 15 is 0 Å². The number of aldehydes is 1. The number of hydrogen-bond donors (Lipinski definition) is 1. The van der Waals surface area contributed by atoms with Gasteiger partial charge in [0, 0.05) is 5.92 Å². The lowest BCUT2D eigenvalue weighted by atomic mass is 9.88. The quantitative estimate of drug-likeness (QED) is 0.605. The van der Waals surface area contributed by atoms with E-state index < -0.39 is 5.60 Å². The molecule has 2 heteroatoms. The van der Waals surface area contributed by atoms with Crippen molar-refractivity contribution in [2.24, 2.45) is 5.92 Å². The van der Waals surface area contributed by atoms with E-state index in [1.54, 1.807) is 13.8 Å². The Kier molecular flexibility index (Phi) is 3.58. The molecule has 0 aromatic heterocycles. The van der Waals surface area contributed by atoms with Crippen molar-refractivity contribution in [3.63, 3.8) is 0 Å². The van der Waals surface area contributed by atoms with Crippen molar-refractivity contribution in [1.29, 1.82) is 0 Å². The van der Waals surface area contributed by atoms with Crippen LogP contribution in [0.15, 0.2) is 0 Å². The fourth-order valence-electron chi connectivity index (χ4n) is 0.880. The molecule has 0 rings (SSSR count). The molecule has 2 unspecified atom stereocenters. The van der Waals surface area contributed by atoms with Gasteiger partial charge in [0.25, 0.3) is 0 Å². The Labute approximate surface area is 62.2 Å².